The van der Waals surface area contributed by atoms with Crippen LogP contribution in [-0.4, -0.2) is 22.8 Å². The van der Waals surface area contributed by atoms with Crippen molar-refractivity contribution in [1.82, 2.24) is 0 Å². The number of aromatic hydroxyl groups is 1. The van der Waals surface area contributed by atoms with Gasteiger partial charge in [0, 0.05) is 5.39 Å². The van der Waals surface area contributed by atoms with Crippen molar-refractivity contribution in [3.8, 4) is 5.75 Å². The Hall–Kier alpha value is -2.89. The lowest BCUT2D eigenvalue weighted by Gasteiger charge is -2.07. The molecule has 0 fully saturated rings. The van der Waals surface area contributed by atoms with Crippen LogP contribution in [-0.2, 0) is 16.0 Å². The van der Waals surface area contributed by atoms with Crippen molar-refractivity contribution in [1.29, 1.82) is 0 Å². The number of benzene rings is 2. The molecular weight excluding hydrogens is 308 g/mol. The van der Waals surface area contributed by atoms with Gasteiger partial charge in [0.05, 0.1) is 6.61 Å². The van der Waals surface area contributed by atoms with E-state index in [0.717, 1.165) is 17.4 Å². The Balaban J connectivity index is 2.45. The first-order valence-electron chi connectivity index (χ1n) is 7.71. The number of carbonyl (C=O) groups excluding carboxylic acids is 1. The van der Waals surface area contributed by atoms with E-state index >= 15 is 0 Å². The van der Waals surface area contributed by atoms with E-state index < -0.39 is 5.97 Å². The number of aliphatic hydroxyl groups is 1. The average Bonchev–Trinajstić information content (AvgIpc) is 2.56. The van der Waals surface area contributed by atoms with Gasteiger partial charge < -0.3 is 14.9 Å². The van der Waals surface area contributed by atoms with E-state index in [4.69, 9.17) is 4.74 Å². The smallest absolute Gasteiger partial charge is 0.362 e. The summed E-state index contributed by atoms with van der Waals surface area (Å²) in [6, 6.07) is 9.13. The predicted molar refractivity (Wildman–Crippen MR) is 91.5 cm³/mol. The highest BCUT2D eigenvalue weighted by molar-refractivity contribution is 5.94. The summed E-state index contributed by atoms with van der Waals surface area (Å²) in [5, 5.41) is 29.2. The summed E-state index contributed by atoms with van der Waals surface area (Å²) >= 11 is 0. The predicted octanol–water partition coefficient (Wildman–Crippen LogP) is 4.54. The van der Waals surface area contributed by atoms with Gasteiger partial charge in [-0.05, 0) is 37.3 Å². The Morgan fingerprint density at radius 1 is 1.17 bits per heavy atom. The van der Waals surface area contributed by atoms with Crippen LogP contribution in [0, 0.1) is 0 Å². The number of hydrogen-bond donors (Lipinski definition) is 2. The monoisotopic (exact) mass is 328 g/mol. The first kappa shape index (κ1) is 17.5. The molecule has 0 heterocycles. The Bertz CT molecular complexity index is 821. The summed E-state index contributed by atoms with van der Waals surface area (Å²) in [5.74, 6) is -1.09. The van der Waals surface area contributed by atoms with Crippen molar-refractivity contribution >= 4 is 22.4 Å². The van der Waals surface area contributed by atoms with Crippen molar-refractivity contribution in [3.05, 3.63) is 47.4 Å². The largest absolute Gasteiger partial charge is 0.510 e. The fourth-order valence-electron chi connectivity index (χ4n) is 2.35. The highest BCUT2D eigenvalue weighted by atomic mass is 16.5. The van der Waals surface area contributed by atoms with Crippen molar-refractivity contribution in [2.45, 2.75) is 27.2 Å². The third-order valence-corrected chi connectivity index (χ3v) is 3.55. The zero-order chi connectivity index (χ0) is 17.7. The van der Waals surface area contributed by atoms with E-state index in [9.17, 15) is 15.0 Å². The molecule has 0 aliphatic carbocycles. The summed E-state index contributed by atoms with van der Waals surface area (Å²) in [7, 11) is 0. The Labute approximate surface area is 140 Å². The molecule has 6 heteroatoms. The lowest BCUT2D eigenvalue weighted by Crippen LogP contribution is -2.07. The molecule has 0 unspecified atom stereocenters. The number of esters is 1. The zero-order valence-corrected chi connectivity index (χ0v) is 13.9. The minimum absolute atomic E-state index is 0.0228. The maximum Gasteiger partial charge on any atom is 0.362 e. The zero-order valence-electron chi connectivity index (χ0n) is 13.9. The van der Waals surface area contributed by atoms with Crippen LogP contribution in [0.25, 0.3) is 10.8 Å². The number of fused-ring (bicyclic) bond motifs is 1. The van der Waals surface area contributed by atoms with Crippen LogP contribution in [0.15, 0.2) is 52.0 Å². The molecule has 2 N–H and O–H groups in total. The molecular formula is C18H20N2O4. The number of hydrogen-bond acceptors (Lipinski definition) is 6. The van der Waals surface area contributed by atoms with Crippen LogP contribution >= 0.6 is 0 Å². The number of nitrogens with zero attached hydrogens (tertiary/aromatic N) is 2. The first-order valence-corrected chi connectivity index (χ1v) is 7.71. The summed E-state index contributed by atoms with van der Waals surface area (Å²) in [6.07, 6.45) is 0.844. The molecule has 0 aliphatic rings. The van der Waals surface area contributed by atoms with E-state index in [1.807, 2.05) is 25.1 Å². The lowest BCUT2D eigenvalue weighted by atomic mass is 10.0. The number of phenolic OH excluding ortho intramolecular Hbond substituents is 1. The maximum absolute atomic E-state index is 11.7. The number of allylic oxidation sites excluding steroid dienone is 1. The minimum atomic E-state index is -0.769. The SMILES string of the molecule is CCOC(=O)/C(N=Nc1ccc2c(CC)cccc2c1O)=C(\C)O. The summed E-state index contributed by atoms with van der Waals surface area (Å²) in [5.41, 5.74) is 1.03. The van der Waals surface area contributed by atoms with Gasteiger partial charge in [-0.1, -0.05) is 31.2 Å². The fourth-order valence-corrected chi connectivity index (χ4v) is 2.35. The Kier molecular flexibility index (Phi) is 5.52. The van der Waals surface area contributed by atoms with Crippen LogP contribution in [0.1, 0.15) is 26.3 Å². The molecule has 2 aromatic carbocycles. The molecule has 0 spiro atoms. The van der Waals surface area contributed by atoms with Gasteiger partial charge in [-0.15, -0.1) is 10.2 Å². The van der Waals surface area contributed by atoms with Crippen molar-refractivity contribution in [2.75, 3.05) is 6.61 Å². The maximum atomic E-state index is 11.7. The molecule has 2 aromatic rings. The average molecular weight is 328 g/mol. The number of rotatable bonds is 5. The number of carbonyl (C=O) groups is 1. The molecule has 0 amide bonds. The van der Waals surface area contributed by atoms with Crippen molar-refractivity contribution in [3.63, 3.8) is 0 Å². The second-order valence-electron chi connectivity index (χ2n) is 5.15. The van der Waals surface area contributed by atoms with Crippen LogP contribution < -0.4 is 0 Å². The topological polar surface area (TPSA) is 91.5 Å². The third-order valence-electron chi connectivity index (χ3n) is 3.55. The number of ether oxygens (including phenoxy) is 1. The molecule has 2 rings (SSSR count). The van der Waals surface area contributed by atoms with E-state index in [0.29, 0.717) is 5.39 Å². The van der Waals surface area contributed by atoms with Crippen molar-refractivity contribution in [2.24, 2.45) is 10.2 Å². The van der Waals surface area contributed by atoms with E-state index in [-0.39, 0.29) is 29.5 Å². The fraction of sp³-hybridized carbons (Fsp3) is 0.278. The van der Waals surface area contributed by atoms with Crippen LogP contribution in [0.2, 0.25) is 0 Å². The second kappa shape index (κ2) is 7.59. The van der Waals surface area contributed by atoms with Gasteiger partial charge in [0.25, 0.3) is 0 Å². The standard InChI is InChI=1S/C18H20N2O4/c1-4-12-7-6-8-14-13(12)9-10-15(17(14)22)19-20-16(11(3)21)18(23)24-5-2/h6-10,21-22H,4-5H2,1-3H3/b16-11-,20-19?. The van der Waals surface area contributed by atoms with Gasteiger partial charge in [0.1, 0.15) is 11.4 Å². The molecule has 24 heavy (non-hydrogen) atoms. The first-order chi connectivity index (χ1) is 11.5. The molecule has 0 saturated carbocycles. The molecule has 0 aliphatic heterocycles. The lowest BCUT2D eigenvalue weighted by molar-refractivity contribution is -0.138. The Morgan fingerprint density at radius 3 is 2.54 bits per heavy atom. The molecule has 0 radical (unpaired) electrons. The van der Waals surface area contributed by atoms with E-state index in [1.165, 1.54) is 6.92 Å². The summed E-state index contributed by atoms with van der Waals surface area (Å²) in [6.45, 7) is 5.17. The summed E-state index contributed by atoms with van der Waals surface area (Å²) < 4.78 is 4.81. The summed E-state index contributed by atoms with van der Waals surface area (Å²) in [4.78, 5) is 11.7. The second-order valence-corrected chi connectivity index (χ2v) is 5.15. The molecule has 0 bridgehead atoms. The normalized spacial score (nSPS) is 12.5. The molecule has 0 atom stereocenters. The number of azo groups is 1. The van der Waals surface area contributed by atoms with Gasteiger partial charge in [-0.2, -0.15) is 0 Å². The van der Waals surface area contributed by atoms with E-state index in [2.05, 4.69) is 10.2 Å². The molecule has 0 aromatic heterocycles. The Morgan fingerprint density at radius 2 is 1.92 bits per heavy atom. The van der Waals surface area contributed by atoms with Gasteiger partial charge in [0.2, 0.25) is 5.70 Å². The van der Waals surface area contributed by atoms with Crippen LogP contribution in [0.5, 0.6) is 5.75 Å². The molecule has 126 valence electrons. The number of phenols is 1. The van der Waals surface area contributed by atoms with Gasteiger partial charge in [0.15, 0.2) is 5.75 Å². The van der Waals surface area contributed by atoms with Crippen LogP contribution in [0.4, 0.5) is 5.69 Å². The number of aryl methyl sites for hydroxylation is 1. The highest BCUT2D eigenvalue weighted by Gasteiger charge is 2.15. The van der Waals surface area contributed by atoms with Gasteiger partial charge >= 0.3 is 5.97 Å². The minimum Gasteiger partial charge on any atom is -0.510 e. The third kappa shape index (κ3) is 3.53. The van der Waals surface area contributed by atoms with E-state index in [1.54, 1.807) is 19.1 Å². The molecule has 6 nitrogen and oxygen atoms in total. The van der Waals surface area contributed by atoms with Crippen LogP contribution in [0.3, 0.4) is 0 Å². The highest BCUT2D eigenvalue weighted by Crippen LogP contribution is 2.36. The number of aliphatic hydroxyl groups excluding tert-OH is 1. The molecule has 0 saturated heterocycles. The van der Waals surface area contributed by atoms with Gasteiger partial charge in [-0.25, -0.2) is 4.79 Å². The van der Waals surface area contributed by atoms with Crippen molar-refractivity contribution < 1.29 is 19.7 Å². The quantitative estimate of drug-likeness (QED) is 0.365. The van der Waals surface area contributed by atoms with Gasteiger partial charge in [-0.3, -0.25) is 0 Å².